The van der Waals surface area contributed by atoms with Crippen LogP contribution in [0.15, 0.2) is 22.7 Å². The predicted octanol–water partition coefficient (Wildman–Crippen LogP) is 3.69. The van der Waals surface area contributed by atoms with E-state index in [9.17, 15) is 4.39 Å². The smallest absolute Gasteiger partial charge is 0.140 e. The second-order valence-corrected chi connectivity index (χ2v) is 5.45. The molecule has 2 N–H and O–H groups in total. The number of hydrogen-bond donors (Lipinski definition) is 1. The van der Waals surface area contributed by atoms with Crippen LogP contribution >= 0.6 is 15.9 Å². The van der Waals surface area contributed by atoms with Crippen molar-refractivity contribution >= 4 is 21.7 Å². The number of nitrogen functional groups attached to an aromatic ring is 1. The summed E-state index contributed by atoms with van der Waals surface area (Å²) in [5, 5.41) is 4.30. The van der Waals surface area contributed by atoms with Gasteiger partial charge in [-0.3, -0.25) is 4.68 Å². The lowest BCUT2D eigenvalue weighted by atomic mass is 9.99. The van der Waals surface area contributed by atoms with Crippen LogP contribution in [0, 0.1) is 5.82 Å². The minimum Gasteiger partial charge on any atom is -0.384 e. The predicted molar refractivity (Wildman–Crippen MR) is 74.8 cm³/mol. The molecule has 18 heavy (non-hydrogen) atoms. The van der Waals surface area contributed by atoms with Crippen LogP contribution in [0.2, 0.25) is 0 Å². The van der Waals surface area contributed by atoms with E-state index in [1.54, 1.807) is 23.9 Å². The maximum Gasteiger partial charge on any atom is 0.140 e. The van der Waals surface area contributed by atoms with Gasteiger partial charge in [0.25, 0.3) is 0 Å². The highest BCUT2D eigenvalue weighted by molar-refractivity contribution is 9.10. The fraction of sp³-hybridized carbons (Fsp3) is 0.308. The second-order valence-electron chi connectivity index (χ2n) is 4.59. The van der Waals surface area contributed by atoms with Gasteiger partial charge < -0.3 is 5.73 Å². The van der Waals surface area contributed by atoms with E-state index < -0.39 is 0 Å². The van der Waals surface area contributed by atoms with Crippen LogP contribution in [0.4, 0.5) is 10.2 Å². The van der Waals surface area contributed by atoms with Gasteiger partial charge in [-0.05, 0) is 39.5 Å². The molecule has 1 heterocycles. The van der Waals surface area contributed by atoms with Gasteiger partial charge in [-0.15, -0.1) is 0 Å². The van der Waals surface area contributed by atoms with Gasteiger partial charge in [0.05, 0.1) is 10.2 Å². The summed E-state index contributed by atoms with van der Waals surface area (Å²) < 4.78 is 16.0. The van der Waals surface area contributed by atoms with Crippen LogP contribution in [0.3, 0.4) is 0 Å². The number of halogens is 2. The van der Waals surface area contributed by atoms with Gasteiger partial charge in [0.15, 0.2) is 0 Å². The Morgan fingerprint density at radius 1 is 1.33 bits per heavy atom. The molecule has 0 amide bonds. The van der Waals surface area contributed by atoms with E-state index in [1.165, 1.54) is 0 Å². The van der Waals surface area contributed by atoms with E-state index in [2.05, 4.69) is 21.0 Å². The molecule has 2 aromatic rings. The summed E-state index contributed by atoms with van der Waals surface area (Å²) in [6.45, 7) is 3.92. The third kappa shape index (κ3) is 2.27. The average Bonchev–Trinajstić information content (AvgIpc) is 2.62. The van der Waals surface area contributed by atoms with Gasteiger partial charge in [0.2, 0.25) is 0 Å². The molecule has 5 heteroatoms. The van der Waals surface area contributed by atoms with Crippen molar-refractivity contribution in [3.05, 3.63) is 34.1 Å². The monoisotopic (exact) mass is 311 g/mol. The molecule has 0 saturated heterocycles. The molecule has 3 nitrogen and oxygen atoms in total. The molecule has 0 bridgehead atoms. The molecule has 0 spiro atoms. The molecule has 0 atom stereocenters. The first-order valence-electron chi connectivity index (χ1n) is 5.69. The topological polar surface area (TPSA) is 43.8 Å². The number of anilines is 1. The van der Waals surface area contributed by atoms with Crippen molar-refractivity contribution in [1.82, 2.24) is 9.78 Å². The quantitative estimate of drug-likeness (QED) is 0.919. The number of nitrogens with zero attached hydrogens (tertiary/aromatic N) is 2. The Morgan fingerprint density at radius 3 is 2.50 bits per heavy atom. The van der Waals surface area contributed by atoms with E-state index in [-0.39, 0.29) is 11.7 Å². The maximum atomic E-state index is 13.9. The van der Waals surface area contributed by atoms with Crippen LogP contribution in [0.1, 0.15) is 25.3 Å². The Kier molecular flexibility index (Phi) is 3.43. The van der Waals surface area contributed by atoms with Crippen molar-refractivity contribution in [3.63, 3.8) is 0 Å². The van der Waals surface area contributed by atoms with E-state index in [0.717, 1.165) is 11.3 Å². The average molecular weight is 312 g/mol. The highest BCUT2D eigenvalue weighted by atomic mass is 79.9. The molecule has 0 fully saturated rings. The van der Waals surface area contributed by atoms with Crippen molar-refractivity contribution in [2.75, 3.05) is 5.73 Å². The van der Waals surface area contributed by atoms with Gasteiger partial charge in [-0.2, -0.15) is 5.10 Å². The first-order valence-corrected chi connectivity index (χ1v) is 6.48. The molecular weight excluding hydrogens is 297 g/mol. The number of benzene rings is 1. The van der Waals surface area contributed by atoms with Crippen molar-refractivity contribution in [1.29, 1.82) is 0 Å². The van der Waals surface area contributed by atoms with Crippen LogP contribution < -0.4 is 5.73 Å². The van der Waals surface area contributed by atoms with E-state index >= 15 is 0 Å². The van der Waals surface area contributed by atoms with E-state index in [0.29, 0.717) is 15.9 Å². The summed E-state index contributed by atoms with van der Waals surface area (Å²) in [6, 6.07) is 5.33. The number of aromatic nitrogens is 2. The van der Waals surface area contributed by atoms with Crippen LogP contribution in [-0.4, -0.2) is 9.78 Å². The Hall–Kier alpha value is -1.36. The Labute approximate surface area is 114 Å². The van der Waals surface area contributed by atoms with Gasteiger partial charge in [-0.25, -0.2) is 4.39 Å². The summed E-state index contributed by atoms with van der Waals surface area (Å²) in [5.41, 5.74) is 8.04. The maximum absolute atomic E-state index is 13.9. The third-order valence-corrected chi connectivity index (χ3v) is 3.47. The van der Waals surface area contributed by atoms with Gasteiger partial charge in [0, 0.05) is 18.7 Å². The minimum absolute atomic E-state index is 0.113. The Morgan fingerprint density at radius 2 is 2.00 bits per heavy atom. The minimum atomic E-state index is -0.211. The summed E-state index contributed by atoms with van der Waals surface area (Å²) in [7, 11) is 1.78. The first kappa shape index (κ1) is 13.1. The summed E-state index contributed by atoms with van der Waals surface area (Å²) in [5.74, 6) is 0.483. The summed E-state index contributed by atoms with van der Waals surface area (Å²) in [4.78, 5) is 0. The normalized spacial score (nSPS) is 11.2. The molecular formula is C13H15BrFN3. The SMILES string of the molecule is CC(C)c1cc(-c2cc(N)n(C)n2)cc(Br)c1F. The molecule has 0 radical (unpaired) electrons. The molecule has 1 aromatic carbocycles. The Balaban J connectivity index is 2.58. The zero-order valence-electron chi connectivity index (χ0n) is 10.5. The second kappa shape index (κ2) is 4.72. The lowest BCUT2D eigenvalue weighted by Crippen LogP contribution is -1.97. The summed E-state index contributed by atoms with van der Waals surface area (Å²) in [6.07, 6.45) is 0. The number of hydrogen-bond acceptors (Lipinski definition) is 2. The molecule has 0 unspecified atom stereocenters. The molecule has 0 aliphatic heterocycles. The zero-order valence-corrected chi connectivity index (χ0v) is 12.1. The van der Waals surface area contributed by atoms with E-state index in [4.69, 9.17) is 5.73 Å². The van der Waals surface area contributed by atoms with Gasteiger partial charge >= 0.3 is 0 Å². The number of rotatable bonds is 2. The van der Waals surface area contributed by atoms with Crippen LogP contribution in [0.5, 0.6) is 0 Å². The number of nitrogens with two attached hydrogens (primary N) is 1. The first-order chi connectivity index (χ1) is 8.40. The van der Waals surface area contributed by atoms with Crippen molar-refractivity contribution in [3.8, 4) is 11.3 Å². The molecule has 0 aliphatic carbocycles. The van der Waals surface area contributed by atoms with Crippen molar-refractivity contribution in [2.24, 2.45) is 7.05 Å². The van der Waals surface area contributed by atoms with Crippen LogP contribution in [-0.2, 0) is 7.05 Å². The van der Waals surface area contributed by atoms with Gasteiger partial charge in [0.1, 0.15) is 11.6 Å². The molecule has 96 valence electrons. The number of aryl methyl sites for hydroxylation is 1. The largest absolute Gasteiger partial charge is 0.384 e. The summed E-state index contributed by atoms with van der Waals surface area (Å²) >= 11 is 3.25. The highest BCUT2D eigenvalue weighted by Gasteiger charge is 2.14. The fourth-order valence-corrected chi connectivity index (χ4v) is 2.28. The lowest BCUT2D eigenvalue weighted by Gasteiger charge is -2.10. The lowest BCUT2D eigenvalue weighted by molar-refractivity contribution is 0.592. The molecule has 1 aromatic heterocycles. The Bertz CT molecular complexity index is 571. The standard InChI is InChI=1S/C13H15BrFN3/c1-7(2)9-4-8(5-10(14)13(9)15)11-6-12(16)18(3)17-11/h4-7H,16H2,1-3H3. The van der Waals surface area contributed by atoms with Crippen molar-refractivity contribution in [2.45, 2.75) is 19.8 Å². The van der Waals surface area contributed by atoms with Crippen LogP contribution in [0.25, 0.3) is 11.3 Å². The molecule has 0 aliphatic rings. The fourth-order valence-electron chi connectivity index (χ4n) is 1.80. The highest BCUT2D eigenvalue weighted by Crippen LogP contribution is 2.31. The molecule has 2 rings (SSSR count). The molecule has 0 saturated carbocycles. The van der Waals surface area contributed by atoms with Gasteiger partial charge in [-0.1, -0.05) is 13.8 Å². The van der Waals surface area contributed by atoms with Crippen molar-refractivity contribution < 1.29 is 4.39 Å². The zero-order chi connectivity index (χ0) is 13.4. The van der Waals surface area contributed by atoms with E-state index in [1.807, 2.05) is 19.9 Å². The third-order valence-electron chi connectivity index (χ3n) is 2.89.